The van der Waals surface area contributed by atoms with Gasteiger partial charge in [0.2, 0.25) is 0 Å². The van der Waals surface area contributed by atoms with Gasteiger partial charge in [0.1, 0.15) is 0 Å². The number of nitrogens with one attached hydrogen (secondary N) is 1. The van der Waals surface area contributed by atoms with E-state index in [0.29, 0.717) is 6.04 Å². The van der Waals surface area contributed by atoms with Crippen LogP contribution in [-0.2, 0) is 0 Å². The molecule has 0 radical (unpaired) electrons. The third-order valence-electron chi connectivity index (χ3n) is 3.34. The predicted octanol–water partition coefficient (Wildman–Crippen LogP) is 3.93. The van der Waals surface area contributed by atoms with Gasteiger partial charge in [0.25, 0.3) is 0 Å². The van der Waals surface area contributed by atoms with Gasteiger partial charge in [0, 0.05) is 16.8 Å². The molecule has 0 saturated heterocycles. The monoisotopic (exact) mass is 243 g/mol. The Hall–Kier alpha value is -1.64. The first-order valence-electron chi connectivity index (χ1n) is 6.74. The molecule has 96 valence electrons. The van der Waals surface area contributed by atoms with E-state index in [4.69, 9.17) is 0 Å². The molecule has 1 aromatic carbocycles. The van der Waals surface area contributed by atoms with Crippen LogP contribution >= 0.6 is 0 Å². The summed E-state index contributed by atoms with van der Waals surface area (Å²) in [7, 11) is 0. The minimum absolute atomic E-state index is 0.482. The van der Waals surface area contributed by atoms with E-state index in [1.807, 2.05) is 13.0 Å². The molecule has 0 amide bonds. The Kier molecular flexibility index (Phi) is 4.13. The van der Waals surface area contributed by atoms with E-state index in [0.717, 1.165) is 17.9 Å². The van der Waals surface area contributed by atoms with Gasteiger partial charge in [-0.15, -0.1) is 5.10 Å². The van der Waals surface area contributed by atoms with Crippen LogP contribution in [0.2, 0.25) is 0 Å². The third-order valence-corrected chi connectivity index (χ3v) is 3.34. The van der Waals surface area contributed by atoms with Gasteiger partial charge in [-0.25, -0.2) is 0 Å². The molecule has 3 nitrogen and oxygen atoms in total. The van der Waals surface area contributed by atoms with E-state index in [1.165, 1.54) is 23.6 Å². The highest BCUT2D eigenvalue weighted by atomic mass is 15.2. The molecular formula is C15H21N3. The van der Waals surface area contributed by atoms with Gasteiger partial charge in [0.05, 0.1) is 5.69 Å². The predicted molar refractivity (Wildman–Crippen MR) is 76.9 cm³/mol. The lowest BCUT2D eigenvalue weighted by atomic mass is 10.1. The second kappa shape index (κ2) is 5.80. The van der Waals surface area contributed by atoms with Gasteiger partial charge < -0.3 is 5.32 Å². The average Bonchev–Trinajstić information content (AvgIpc) is 2.41. The van der Waals surface area contributed by atoms with E-state index in [9.17, 15) is 0 Å². The van der Waals surface area contributed by atoms with Gasteiger partial charge in [-0.3, -0.25) is 0 Å². The van der Waals surface area contributed by atoms with E-state index in [1.54, 1.807) is 0 Å². The van der Waals surface area contributed by atoms with Gasteiger partial charge in [-0.05, 0) is 19.8 Å². The Balaban J connectivity index is 2.36. The van der Waals surface area contributed by atoms with E-state index in [-0.39, 0.29) is 0 Å². The summed E-state index contributed by atoms with van der Waals surface area (Å²) in [5.74, 6) is 0.913. The minimum Gasteiger partial charge on any atom is -0.365 e. The maximum Gasteiger partial charge on any atom is 0.156 e. The second-order valence-electron chi connectivity index (χ2n) is 4.72. The van der Waals surface area contributed by atoms with Crippen molar-refractivity contribution in [3.8, 4) is 0 Å². The molecule has 0 aliphatic rings. The number of anilines is 1. The van der Waals surface area contributed by atoms with Gasteiger partial charge in [-0.2, -0.15) is 5.10 Å². The molecule has 0 fully saturated rings. The summed E-state index contributed by atoms with van der Waals surface area (Å²) >= 11 is 0. The summed E-state index contributed by atoms with van der Waals surface area (Å²) < 4.78 is 0. The number of fused-ring (bicyclic) bond motifs is 1. The second-order valence-corrected chi connectivity index (χ2v) is 4.72. The summed E-state index contributed by atoms with van der Waals surface area (Å²) in [5, 5.41) is 14.4. The molecule has 1 unspecified atom stereocenters. The zero-order valence-corrected chi connectivity index (χ0v) is 11.4. The van der Waals surface area contributed by atoms with Crippen molar-refractivity contribution >= 4 is 16.6 Å². The number of rotatable bonds is 5. The van der Waals surface area contributed by atoms with E-state index in [2.05, 4.69) is 47.6 Å². The molecule has 18 heavy (non-hydrogen) atoms. The molecule has 1 N–H and O–H groups in total. The van der Waals surface area contributed by atoms with Crippen LogP contribution in [0.1, 0.15) is 38.8 Å². The molecule has 0 bridgehead atoms. The van der Waals surface area contributed by atoms with Crippen molar-refractivity contribution in [2.45, 2.75) is 46.1 Å². The van der Waals surface area contributed by atoms with E-state index >= 15 is 0 Å². The number of aryl methyl sites for hydroxylation is 1. The Morgan fingerprint density at radius 2 is 1.83 bits per heavy atom. The summed E-state index contributed by atoms with van der Waals surface area (Å²) in [6.45, 7) is 6.42. The summed E-state index contributed by atoms with van der Waals surface area (Å²) in [6, 6.07) is 8.79. The highest BCUT2D eigenvalue weighted by Gasteiger charge is 2.10. The van der Waals surface area contributed by atoms with Crippen LogP contribution in [0, 0.1) is 6.92 Å². The highest BCUT2D eigenvalue weighted by molar-refractivity contribution is 5.92. The van der Waals surface area contributed by atoms with Crippen molar-refractivity contribution < 1.29 is 0 Å². The van der Waals surface area contributed by atoms with Crippen molar-refractivity contribution in [2.24, 2.45) is 0 Å². The number of nitrogens with zero attached hydrogens (tertiary/aromatic N) is 2. The molecule has 2 aromatic rings. The average molecular weight is 243 g/mol. The van der Waals surface area contributed by atoms with Crippen LogP contribution in [-0.4, -0.2) is 16.2 Å². The first-order valence-corrected chi connectivity index (χ1v) is 6.74. The molecule has 0 saturated carbocycles. The lowest BCUT2D eigenvalue weighted by molar-refractivity contribution is 0.620. The zero-order chi connectivity index (χ0) is 13.0. The van der Waals surface area contributed by atoms with Gasteiger partial charge in [0.15, 0.2) is 5.82 Å². The number of aromatic nitrogens is 2. The molecular weight excluding hydrogens is 222 g/mol. The van der Waals surface area contributed by atoms with Crippen molar-refractivity contribution in [3.63, 3.8) is 0 Å². The SMILES string of the molecule is CCCC(CC)Nc1nnc(C)c2ccccc12. The Labute approximate surface area is 109 Å². The van der Waals surface area contributed by atoms with E-state index < -0.39 is 0 Å². The van der Waals surface area contributed by atoms with Crippen molar-refractivity contribution in [1.29, 1.82) is 0 Å². The van der Waals surface area contributed by atoms with Crippen molar-refractivity contribution in [1.82, 2.24) is 10.2 Å². The Bertz CT molecular complexity index is 522. The summed E-state index contributed by atoms with van der Waals surface area (Å²) in [5.41, 5.74) is 0.986. The molecule has 1 atom stereocenters. The number of hydrogen-bond acceptors (Lipinski definition) is 3. The van der Waals surface area contributed by atoms with Crippen LogP contribution < -0.4 is 5.32 Å². The number of benzene rings is 1. The van der Waals surface area contributed by atoms with Crippen LogP contribution in [0.3, 0.4) is 0 Å². The highest BCUT2D eigenvalue weighted by Crippen LogP contribution is 2.23. The molecule has 1 aromatic heterocycles. The quantitative estimate of drug-likeness (QED) is 0.864. The van der Waals surface area contributed by atoms with Crippen LogP contribution in [0.4, 0.5) is 5.82 Å². The molecule has 0 aliphatic carbocycles. The first kappa shape index (κ1) is 12.8. The van der Waals surface area contributed by atoms with Gasteiger partial charge >= 0.3 is 0 Å². The fourth-order valence-corrected chi connectivity index (χ4v) is 2.26. The smallest absolute Gasteiger partial charge is 0.156 e. The van der Waals surface area contributed by atoms with Crippen LogP contribution in [0.15, 0.2) is 24.3 Å². The van der Waals surface area contributed by atoms with Gasteiger partial charge in [-0.1, -0.05) is 44.5 Å². The lowest BCUT2D eigenvalue weighted by Crippen LogP contribution is -2.19. The molecule has 2 rings (SSSR count). The summed E-state index contributed by atoms with van der Waals surface area (Å²) in [6.07, 6.45) is 3.46. The van der Waals surface area contributed by atoms with Crippen molar-refractivity contribution in [3.05, 3.63) is 30.0 Å². The van der Waals surface area contributed by atoms with Crippen LogP contribution in [0.5, 0.6) is 0 Å². The maximum atomic E-state index is 4.32. The fraction of sp³-hybridized carbons (Fsp3) is 0.467. The molecule has 3 heteroatoms. The molecule has 1 heterocycles. The minimum atomic E-state index is 0.482. The number of hydrogen-bond donors (Lipinski definition) is 1. The molecule has 0 spiro atoms. The normalized spacial score (nSPS) is 12.6. The fourth-order valence-electron chi connectivity index (χ4n) is 2.26. The largest absolute Gasteiger partial charge is 0.365 e. The zero-order valence-electron chi connectivity index (χ0n) is 11.4. The standard InChI is InChI=1S/C15H21N3/c1-4-8-12(5-2)16-15-14-10-7-6-9-13(14)11(3)17-18-15/h6-7,9-10,12H,4-5,8H2,1-3H3,(H,16,18). The van der Waals surface area contributed by atoms with Crippen LogP contribution in [0.25, 0.3) is 10.8 Å². The first-order chi connectivity index (χ1) is 8.76. The topological polar surface area (TPSA) is 37.8 Å². The third kappa shape index (κ3) is 2.61. The molecule has 0 aliphatic heterocycles. The Morgan fingerprint density at radius 3 is 2.50 bits per heavy atom. The lowest BCUT2D eigenvalue weighted by Gasteiger charge is -2.17. The Morgan fingerprint density at radius 1 is 1.11 bits per heavy atom. The maximum absolute atomic E-state index is 4.32. The summed E-state index contributed by atoms with van der Waals surface area (Å²) in [4.78, 5) is 0. The van der Waals surface area contributed by atoms with Crippen molar-refractivity contribution in [2.75, 3.05) is 5.32 Å².